The zero-order valence-electron chi connectivity index (χ0n) is 22.8. The monoisotopic (exact) mass is 518 g/mol. The Morgan fingerprint density at radius 3 is 2.47 bits per heavy atom. The number of amides is 3. The summed E-state index contributed by atoms with van der Waals surface area (Å²) in [6.45, 7) is 11.4. The second kappa shape index (κ2) is 12.3. The molecule has 0 aromatic heterocycles. The van der Waals surface area contributed by atoms with Crippen molar-refractivity contribution in [3.63, 3.8) is 0 Å². The Bertz CT molecular complexity index is 1210. The van der Waals surface area contributed by atoms with E-state index in [1.165, 1.54) is 0 Å². The third-order valence-electron chi connectivity index (χ3n) is 7.27. The van der Waals surface area contributed by atoms with Gasteiger partial charge in [-0.3, -0.25) is 14.6 Å². The number of hydrogen-bond acceptors (Lipinski definition) is 5. The molecule has 0 spiro atoms. The molecule has 2 aromatic carbocycles. The molecule has 1 atom stereocenters. The van der Waals surface area contributed by atoms with Gasteiger partial charge in [0.2, 0.25) is 0 Å². The fourth-order valence-electron chi connectivity index (χ4n) is 5.27. The summed E-state index contributed by atoms with van der Waals surface area (Å²) in [7, 11) is 0. The lowest BCUT2D eigenvalue weighted by molar-refractivity contribution is -0.139. The van der Waals surface area contributed by atoms with Crippen LogP contribution >= 0.6 is 0 Å². The number of carbonyl (C=O) groups excluding carboxylic acids is 3. The number of likely N-dealkylation sites (N-methyl/N-ethyl adjacent to an activating group) is 1. The molecule has 2 aromatic rings. The fourth-order valence-corrected chi connectivity index (χ4v) is 5.27. The number of urea groups is 1. The number of ether oxygens (including phenoxy) is 1. The van der Waals surface area contributed by atoms with Crippen LogP contribution in [0, 0.1) is 13.8 Å². The molecule has 0 bridgehead atoms. The smallest absolute Gasteiger partial charge is 0.338 e. The van der Waals surface area contributed by atoms with Crippen molar-refractivity contribution in [1.82, 2.24) is 20.0 Å². The van der Waals surface area contributed by atoms with Gasteiger partial charge in [0.05, 0.1) is 18.2 Å². The highest BCUT2D eigenvalue weighted by Gasteiger charge is 2.39. The Hall–Kier alpha value is -3.65. The fraction of sp³-hybridized carbons (Fsp3) is 0.433. The molecule has 202 valence electrons. The maximum Gasteiger partial charge on any atom is 0.338 e. The Morgan fingerprint density at radius 2 is 1.76 bits per heavy atom. The maximum atomic E-state index is 13.4. The lowest BCUT2D eigenvalue weighted by Crippen LogP contribution is -2.51. The van der Waals surface area contributed by atoms with E-state index < -0.39 is 12.0 Å². The number of nitrogens with zero attached hydrogens (tertiary/aromatic N) is 3. The largest absolute Gasteiger partial charge is 0.463 e. The Labute approximate surface area is 225 Å². The van der Waals surface area contributed by atoms with Crippen LogP contribution in [0.4, 0.5) is 4.79 Å². The summed E-state index contributed by atoms with van der Waals surface area (Å²) in [6, 6.07) is 14.6. The van der Waals surface area contributed by atoms with Crippen molar-refractivity contribution in [2.24, 2.45) is 0 Å². The average molecular weight is 519 g/mol. The van der Waals surface area contributed by atoms with Crippen LogP contribution in [0.3, 0.4) is 0 Å². The minimum Gasteiger partial charge on any atom is -0.463 e. The quantitative estimate of drug-likeness (QED) is 0.559. The van der Waals surface area contributed by atoms with Crippen molar-refractivity contribution >= 4 is 17.9 Å². The van der Waals surface area contributed by atoms with E-state index in [0.29, 0.717) is 49.6 Å². The van der Waals surface area contributed by atoms with Crippen LogP contribution in [0.25, 0.3) is 0 Å². The zero-order valence-corrected chi connectivity index (χ0v) is 22.8. The second-order valence-electron chi connectivity index (χ2n) is 9.86. The SMILES string of the molecule is CCOC(=O)C1=C(CN2CCCN(C(=O)c3ccccc3)CC2)N(CC)C(=O)NC1c1cc(C)ccc1C. The molecule has 2 aliphatic rings. The Kier molecular flexibility index (Phi) is 8.84. The predicted octanol–water partition coefficient (Wildman–Crippen LogP) is 4.05. The molecular formula is C30H38N4O4. The third-order valence-corrected chi connectivity index (χ3v) is 7.27. The van der Waals surface area contributed by atoms with Gasteiger partial charge in [0.1, 0.15) is 0 Å². The summed E-state index contributed by atoms with van der Waals surface area (Å²) in [4.78, 5) is 45.5. The van der Waals surface area contributed by atoms with Crippen LogP contribution < -0.4 is 5.32 Å². The van der Waals surface area contributed by atoms with E-state index >= 15 is 0 Å². The van der Waals surface area contributed by atoms with Gasteiger partial charge in [-0.05, 0) is 57.4 Å². The Balaban J connectivity index is 1.66. The van der Waals surface area contributed by atoms with Crippen LogP contribution in [0.1, 0.15) is 53.4 Å². The highest BCUT2D eigenvalue weighted by Crippen LogP contribution is 2.34. The van der Waals surface area contributed by atoms with Gasteiger partial charge < -0.3 is 15.0 Å². The van der Waals surface area contributed by atoms with E-state index in [1.807, 2.05) is 74.2 Å². The number of benzene rings is 2. The van der Waals surface area contributed by atoms with Crippen LogP contribution in [-0.4, -0.2) is 78.5 Å². The van der Waals surface area contributed by atoms with E-state index in [0.717, 1.165) is 29.7 Å². The van der Waals surface area contributed by atoms with Gasteiger partial charge in [0.15, 0.2) is 0 Å². The average Bonchev–Trinajstić information content (AvgIpc) is 3.15. The molecule has 38 heavy (non-hydrogen) atoms. The molecule has 2 heterocycles. The second-order valence-corrected chi connectivity index (χ2v) is 9.86. The first kappa shape index (κ1) is 27.4. The number of hydrogen-bond donors (Lipinski definition) is 1. The van der Waals surface area contributed by atoms with Crippen LogP contribution in [0.5, 0.6) is 0 Å². The Morgan fingerprint density at radius 1 is 1.00 bits per heavy atom. The molecule has 1 fully saturated rings. The molecule has 1 saturated heterocycles. The van der Waals surface area contributed by atoms with Gasteiger partial charge in [-0.1, -0.05) is 42.0 Å². The first-order valence-corrected chi connectivity index (χ1v) is 13.5. The van der Waals surface area contributed by atoms with E-state index in [1.54, 1.807) is 11.8 Å². The van der Waals surface area contributed by atoms with Crippen molar-refractivity contribution in [2.45, 2.75) is 40.2 Å². The molecule has 8 nitrogen and oxygen atoms in total. The third kappa shape index (κ3) is 5.91. The van der Waals surface area contributed by atoms with Gasteiger partial charge in [-0.25, -0.2) is 9.59 Å². The standard InChI is InChI=1S/C30H38N4O4/c1-5-34-25(20-32-15-10-16-33(18-17-32)28(35)23-11-8-7-9-12-23)26(29(36)38-6-2)27(31-30(34)37)24-19-21(3)13-14-22(24)4/h7-9,11-14,19,27H,5-6,10,15-18,20H2,1-4H3,(H,31,37). The van der Waals surface area contributed by atoms with E-state index in [9.17, 15) is 14.4 Å². The normalized spacial score (nSPS) is 18.7. The summed E-state index contributed by atoms with van der Waals surface area (Å²) in [6.07, 6.45) is 0.805. The number of esters is 1. The summed E-state index contributed by atoms with van der Waals surface area (Å²) < 4.78 is 5.53. The minimum absolute atomic E-state index is 0.0288. The predicted molar refractivity (Wildman–Crippen MR) is 147 cm³/mol. The van der Waals surface area contributed by atoms with Crippen LogP contribution in [-0.2, 0) is 9.53 Å². The number of aryl methyl sites for hydroxylation is 2. The van der Waals surface area contributed by atoms with Gasteiger partial charge in [0.25, 0.3) is 5.91 Å². The summed E-state index contributed by atoms with van der Waals surface area (Å²) in [5, 5.41) is 3.07. The molecule has 0 radical (unpaired) electrons. The highest BCUT2D eigenvalue weighted by atomic mass is 16.5. The topological polar surface area (TPSA) is 82.2 Å². The summed E-state index contributed by atoms with van der Waals surface area (Å²) in [5.74, 6) is -0.386. The first-order valence-electron chi connectivity index (χ1n) is 13.5. The van der Waals surface area contributed by atoms with Crippen molar-refractivity contribution in [3.8, 4) is 0 Å². The molecule has 1 N–H and O–H groups in total. The lowest BCUT2D eigenvalue weighted by Gasteiger charge is -2.38. The van der Waals surface area contributed by atoms with Gasteiger partial charge in [0, 0.05) is 50.5 Å². The maximum absolute atomic E-state index is 13.4. The van der Waals surface area contributed by atoms with Gasteiger partial charge in [-0.2, -0.15) is 0 Å². The number of carbonyl (C=O) groups is 3. The lowest BCUT2D eigenvalue weighted by atomic mass is 9.90. The van der Waals surface area contributed by atoms with Crippen molar-refractivity contribution in [1.29, 1.82) is 0 Å². The molecule has 2 aliphatic heterocycles. The number of nitrogens with one attached hydrogen (secondary N) is 1. The van der Waals surface area contributed by atoms with Gasteiger partial charge >= 0.3 is 12.0 Å². The molecule has 1 unspecified atom stereocenters. The van der Waals surface area contributed by atoms with E-state index in [2.05, 4.69) is 10.2 Å². The van der Waals surface area contributed by atoms with Crippen molar-refractivity contribution < 1.29 is 19.1 Å². The number of rotatable bonds is 7. The molecule has 3 amide bonds. The minimum atomic E-state index is -0.595. The highest BCUT2D eigenvalue weighted by molar-refractivity contribution is 5.95. The molecule has 0 aliphatic carbocycles. The van der Waals surface area contributed by atoms with Crippen LogP contribution in [0.2, 0.25) is 0 Å². The molecule has 0 saturated carbocycles. The van der Waals surface area contributed by atoms with Gasteiger partial charge in [-0.15, -0.1) is 0 Å². The molecular weight excluding hydrogens is 480 g/mol. The van der Waals surface area contributed by atoms with Crippen molar-refractivity contribution in [2.75, 3.05) is 45.9 Å². The summed E-state index contributed by atoms with van der Waals surface area (Å²) >= 11 is 0. The van der Waals surface area contributed by atoms with E-state index in [4.69, 9.17) is 4.74 Å². The van der Waals surface area contributed by atoms with Crippen molar-refractivity contribution in [3.05, 3.63) is 82.1 Å². The zero-order chi connectivity index (χ0) is 27.2. The first-order chi connectivity index (χ1) is 18.3. The molecule has 8 heteroatoms. The summed E-state index contributed by atoms with van der Waals surface area (Å²) in [5.41, 5.74) is 4.78. The molecule has 4 rings (SSSR count). The van der Waals surface area contributed by atoms with Crippen LogP contribution in [0.15, 0.2) is 59.8 Å². The van der Waals surface area contributed by atoms with E-state index in [-0.39, 0.29) is 18.5 Å².